The molecule has 0 amide bonds. The van der Waals surface area contributed by atoms with Crippen LogP contribution in [0.5, 0.6) is 0 Å². The molecule has 0 aromatic rings. The molecule has 0 radical (unpaired) electrons. The maximum absolute atomic E-state index is 6.67. The van der Waals surface area contributed by atoms with Crippen LogP contribution in [0.2, 0.25) is 0 Å². The van der Waals surface area contributed by atoms with Crippen molar-refractivity contribution in [2.75, 3.05) is 19.6 Å². The second-order valence-corrected chi connectivity index (χ2v) is 2.53. The minimum absolute atomic E-state index is 0.819. The van der Waals surface area contributed by atoms with Crippen LogP contribution in [0.4, 0.5) is 0 Å². The molecule has 74 valence electrons. The van der Waals surface area contributed by atoms with E-state index in [0.29, 0.717) is 0 Å². The summed E-state index contributed by atoms with van der Waals surface area (Å²) < 4.78 is 0. The Morgan fingerprint density at radius 3 is 2.17 bits per heavy atom. The average Bonchev–Trinajstić information content (AvgIpc) is 2.13. The third kappa shape index (κ3) is 22.6. The average molecular weight is 173 g/mol. The van der Waals surface area contributed by atoms with Crippen molar-refractivity contribution in [3.05, 3.63) is 0 Å². The molecule has 3 heteroatoms. The fourth-order valence-electron chi connectivity index (χ4n) is 0.476. The van der Waals surface area contributed by atoms with Crippen LogP contribution < -0.4 is 11.1 Å². The number of nitrogens with one attached hydrogen (secondary N) is 2. The summed E-state index contributed by atoms with van der Waals surface area (Å²) >= 11 is 0. The largest absolute Gasteiger partial charge is 0.330 e. The molecule has 0 heterocycles. The first-order valence-electron chi connectivity index (χ1n) is 4.73. The van der Waals surface area contributed by atoms with Gasteiger partial charge in [0.1, 0.15) is 0 Å². The Labute approximate surface area is 76.2 Å². The maximum Gasteiger partial charge on any atom is 0.0000487 e. The lowest BCUT2D eigenvalue weighted by Crippen LogP contribution is -2.15. The van der Waals surface area contributed by atoms with Gasteiger partial charge in [0.15, 0.2) is 0 Å². The zero-order valence-electron chi connectivity index (χ0n) is 8.40. The summed E-state index contributed by atoms with van der Waals surface area (Å²) in [4.78, 5) is 0. The lowest BCUT2D eigenvalue weighted by molar-refractivity contribution is 0.688. The highest BCUT2D eigenvalue weighted by Crippen LogP contribution is 1.70. The molecule has 0 bridgehead atoms. The number of nitrogens with two attached hydrogens (primary N) is 1. The molecule has 12 heavy (non-hydrogen) atoms. The molecule has 0 aromatic carbocycles. The molecule has 0 rings (SSSR count). The Balaban J connectivity index is 0. The molecule has 3 nitrogen and oxygen atoms in total. The second kappa shape index (κ2) is 16.9. The molecule has 0 aromatic heterocycles. The molecule has 0 atom stereocenters. The van der Waals surface area contributed by atoms with Crippen molar-refractivity contribution in [1.29, 1.82) is 5.41 Å². The summed E-state index contributed by atoms with van der Waals surface area (Å²) in [6, 6.07) is 0. The predicted molar refractivity (Wildman–Crippen MR) is 55.9 cm³/mol. The Hall–Kier alpha value is -0.410. The fourth-order valence-corrected chi connectivity index (χ4v) is 0.476. The zero-order chi connectivity index (χ0) is 9.66. The minimum Gasteiger partial charge on any atom is -0.330 e. The topological polar surface area (TPSA) is 61.9 Å². The van der Waals surface area contributed by atoms with E-state index in [1.165, 1.54) is 12.6 Å². The highest BCUT2D eigenvalue weighted by atomic mass is 14.8. The van der Waals surface area contributed by atoms with Gasteiger partial charge in [-0.3, -0.25) is 0 Å². The standard InChI is InChI=1S/C6H14N2.C3H9N/c1-2-5-8-6-3-4-7;1-2-3-4/h4,7-8H,2-3,5-6H2,1H3;2-4H2,1H3. The van der Waals surface area contributed by atoms with E-state index in [0.717, 1.165) is 32.5 Å². The molecular weight excluding hydrogens is 150 g/mol. The monoisotopic (exact) mass is 173 g/mol. The van der Waals surface area contributed by atoms with E-state index in [4.69, 9.17) is 11.1 Å². The molecule has 4 N–H and O–H groups in total. The molecule has 0 saturated heterocycles. The molecule has 0 aliphatic rings. The number of hydrogen-bond acceptors (Lipinski definition) is 3. The first kappa shape index (κ1) is 14.1. The van der Waals surface area contributed by atoms with Crippen LogP contribution in [0.3, 0.4) is 0 Å². The third-order valence-corrected chi connectivity index (χ3v) is 1.18. The molecule has 0 aliphatic carbocycles. The van der Waals surface area contributed by atoms with Crippen LogP contribution in [0.1, 0.15) is 33.1 Å². The van der Waals surface area contributed by atoms with Gasteiger partial charge in [-0.05, 0) is 38.6 Å². The second-order valence-electron chi connectivity index (χ2n) is 2.53. The maximum atomic E-state index is 6.67. The summed E-state index contributed by atoms with van der Waals surface area (Å²) in [5.41, 5.74) is 5.03. The Morgan fingerprint density at radius 1 is 1.25 bits per heavy atom. The number of rotatable bonds is 6. The van der Waals surface area contributed by atoms with Gasteiger partial charge in [-0.1, -0.05) is 13.8 Å². The van der Waals surface area contributed by atoms with Crippen molar-refractivity contribution in [1.82, 2.24) is 5.32 Å². The third-order valence-electron chi connectivity index (χ3n) is 1.18. The Bertz CT molecular complexity index is 72.2. The van der Waals surface area contributed by atoms with Gasteiger partial charge in [0.05, 0.1) is 0 Å². The molecule has 0 spiro atoms. The van der Waals surface area contributed by atoms with Crippen LogP contribution in [0, 0.1) is 5.41 Å². The van der Waals surface area contributed by atoms with E-state index in [1.54, 1.807) is 0 Å². The fraction of sp³-hybridized carbons (Fsp3) is 0.889. The van der Waals surface area contributed by atoms with Gasteiger partial charge < -0.3 is 16.5 Å². The van der Waals surface area contributed by atoms with Crippen molar-refractivity contribution < 1.29 is 0 Å². The van der Waals surface area contributed by atoms with Crippen LogP contribution in [0.15, 0.2) is 0 Å². The van der Waals surface area contributed by atoms with Gasteiger partial charge in [0, 0.05) is 6.54 Å². The van der Waals surface area contributed by atoms with Crippen molar-refractivity contribution >= 4 is 6.21 Å². The lowest BCUT2D eigenvalue weighted by atomic mass is 10.4. The summed E-state index contributed by atoms with van der Waals surface area (Å²) in [6.07, 6.45) is 4.57. The molecule has 0 aliphatic heterocycles. The van der Waals surface area contributed by atoms with Gasteiger partial charge in [-0.25, -0.2) is 0 Å². The minimum atomic E-state index is 0.819. The Kier molecular flexibility index (Phi) is 19.9. The van der Waals surface area contributed by atoms with E-state index in [1.807, 2.05) is 0 Å². The first-order chi connectivity index (χ1) is 5.83. The van der Waals surface area contributed by atoms with Crippen molar-refractivity contribution in [2.45, 2.75) is 33.1 Å². The molecule has 0 fully saturated rings. The highest BCUT2D eigenvalue weighted by molar-refractivity contribution is 5.52. The zero-order valence-corrected chi connectivity index (χ0v) is 8.40. The van der Waals surface area contributed by atoms with E-state index in [2.05, 4.69) is 19.2 Å². The van der Waals surface area contributed by atoms with Crippen molar-refractivity contribution in [3.63, 3.8) is 0 Å². The highest BCUT2D eigenvalue weighted by Gasteiger charge is 1.79. The quantitative estimate of drug-likeness (QED) is 0.420. The summed E-state index contributed by atoms with van der Waals surface area (Å²) in [5, 5.41) is 9.86. The summed E-state index contributed by atoms with van der Waals surface area (Å²) in [7, 11) is 0. The van der Waals surface area contributed by atoms with E-state index < -0.39 is 0 Å². The van der Waals surface area contributed by atoms with Crippen LogP contribution in [0.25, 0.3) is 0 Å². The molecule has 0 saturated carbocycles. The normalized spacial score (nSPS) is 8.58. The molecular formula is C9H23N3. The molecule has 0 unspecified atom stereocenters. The smallest absolute Gasteiger partial charge is 0.0000487 e. The van der Waals surface area contributed by atoms with Gasteiger partial charge >= 0.3 is 0 Å². The van der Waals surface area contributed by atoms with Gasteiger partial charge in [-0.15, -0.1) is 0 Å². The summed E-state index contributed by atoms with van der Waals surface area (Å²) in [6.45, 7) is 7.04. The van der Waals surface area contributed by atoms with Crippen molar-refractivity contribution in [3.8, 4) is 0 Å². The lowest BCUT2D eigenvalue weighted by Gasteiger charge is -1.96. The van der Waals surface area contributed by atoms with Crippen LogP contribution in [-0.4, -0.2) is 25.8 Å². The van der Waals surface area contributed by atoms with Gasteiger partial charge in [0.25, 0.3) is 0 Å². The first-order valence-corrected chi connectivity index (χ1v) is 4.73. The van der Waals surface area contributed by atoms with Crippen molar-refractivity contribution in [2.24, 2.45) is 5.73 Å². The summed E-state index contributed by atoms with van der Waals surface area (Å²) in [5.74, 6) is 0. The van der Waals surface area contributed by atoms with E-state index in [9.17, 15) is 0 Å². The van der Waals surface area contributed by atoms with Gasteiger partial charge in [-0.2, -0.15) is 0 Å². The Morgan fingerprint density at radius 2 is 1.83 bits per heavy atom. The van der Waals surface area contributed by atoms with Crippen LogP contribution in [-0.2, 0) is 0 Å². The van der Waals surface area contributed by atoms with Crippen LogP contribution >= 0.6 is 0 Å². The van der Waals surface area contributed by atoms with E-state index in [-0.39, 0.29) is 0 Å². The van der Waals surface area contributed by atoms with Gasteiger partial charge in [0.2, 0.25) is 0 Å². The SMILES string of the molecule is CCCN.CCCNCCC=N. The predicted octanol–water partition coefficient (Wildman–Crippen LogP) is 1.38. The van der Waals surface area contributed by atoms with E-state index >= 15 is 0 Å². The number of hydrogen-bond donors (Lipinski definition) is 3.